The first-order valence-electron chi connectivity index (χ1n) is 5.37. The van der Waals surface area contributed by atoms with Gasteiger partial charge in [0.05, 0.1) is 0 Å². The number of hydrogen-bond donors (Lipinski definition) is 0. The molecule has 2 heterocycles. The van der Waals surface area contributed by atoms with Crippen LogP contribution in [0.4, 0.5) is 4.79 Å². The van der Waals surface area contributed by atoms with Gasteiger partial charge in [-0.15, -0.1) is 0 Å². The second-order valence-corrected chi connectivity index (χ2v) is 5.41. The lowest BCUT2D eigenvalue weighted by Crippen LogP contribution is -2.43. The molecule has 1 saturated carbocycles. The summed E-state index contributed by atoms with van der Waals surface area (Å²) in [4.78, 5) is 24.2. The van der Waals surface area contributed by atoms with Gasteiger partial charge in [-0.1, -0.05) is 0 Å². The summed E-state index contributed by atoms with van der Waals surface area (Å²) in [6.45, 7) is 6.23. The van der Waals surface area contributed by atoms with Crippen LogP contribution in [-0.4, -0.2) is 35.5 Å². The third-order valence-electron chi connectivity index (χ3n) is 3.15. The van der Waals surface area contributed by atoms with Gasteiger partial charge in [0, 0.05) is 18.5 Å². The Bertz CT molecular complexity index is 295. The lowest BCUT2D eigenvalue weighted by Gasteiger charge is -2.33. The summed E-state index contributed by atoms with van der Waals surface area (Å²) in [5.74, 6) is 0.428. The molecular formula is C11H17NO3. The zero-order valence-corrected chi connectivity index (χ0v) is 9.40. The van der Waals surface area contributed by atoms with Crippen LogP contribution in [0.3, 0.4) is 0 Å². The van der Waals surface area contributed by atoms with Crippen LogP contribution in [0.15, 0.2) is 0 Å². The third-order valence-corrected chi connectivity index (χ3v) is 3.15. The van der Waals surface area contributed by atoms with E-state index in [4.69, 9.17) is 4.74 Å². The molecule has 2 aliphatic heterocycles. The Balaban J connectivity index is 1.97. The molecule has 2 bridgehead atoms. The van der Waals surface area contributed by atoms with Crippen molar-refractivity contribution in [3.8, 4) is 0 Å². The molecule has 15 heavy (non-hydrogen) atoms. The molecule has 1 amide bonds. The molecule has 0 radical (unpaired) electrons. The normalized spacial score (nSPS) is 33.5. The van der Waals surface area contributed by atoms with E-state index in [-0.39, 0.29) is 18.1 Å². The molecule has 2 saturated heterocycles. The molecule has 3 fully saturated rings. The highest BCUT2D eigenvalue weighted by atomic mass is 16.6. The number of fused-ring (bicyclic) bond motifs is 1. The lowest BCUT2D eigenvalue weighted by atomic mass is 9.75. The van der Waals surface area contributed by atoms with Crippen molar-refractivity contribution in [2.45, 2.75) is 38.8 Å². The van der Waals surface area contributed by atoms with Crippen molar-refractivity contribution in [2.24, 2.45) is 11.8 Å². The number of rotatable bonds is 1. The summed E-state index contributed by atoms with van der Waals surface area (Å²) in [6.07, 6.45) is 1.66. The van der Waals surface area contributed by atoms with Gasteiger partial charge < -0.3 is 14.4 Å². The minimum atomic E-state index is -0.458. The quantitative estimate of drug-likeness (QED) is 0.616. The minimum absolute atomic E-state index is 0.0533. The van der Waals surface area contributed by atoms with E-state index in [1.807, 2.05) is 20.8 Å². The Morgan fingerprint density at radius 3 is 2.60 bits per heavy atom. The molecule has 1 aliphatic carbocycles. The van der Waals surface area contributed by atoms with Crippen LogP contribution in [0.5, 0.6) is 0 Å². The average molecular weight is 211 g/mol. The van der Waals surface area contributed by atoms with Crippen molar-refractivity contribution in [3.63, 3.8) is 0 Å². The molecule has 0 N–H and O–H groups in total. The first kappa shape index (κ1) is 10.5. The summed E-state index contributed by atoms with van der Waals surface area (Å²) < 4.78 is 5.28. The van der Waals surface area contributed by atoms with E-state index in [9.17, 15) is 9.59 Å². The lowest BCUT2D eigenvalue weighted by molar-refractivity contribution is -0.115. The standard InChI is InChI=1S/C11H17NO3/c1-11(2,3)15-10(14)12-5-7-4-9(12)8(7)6-13/h6-9H,4-5H2,1-3H3. The molecular weight excluding hydrogens is 194 g/mol. The van der Waals surface area contributed by atoms with Crippen LogP contribution in [0.25, 0.3) is 0 Å². The second kappa shape index (κ2) is 3.22. The van der Waals surface area contributed by atoms with Crippen molar-refractivity contribution in [1.82, 2.24) is 4.90 Å². The number of nitrogens with zero attached hydrogens (tertiary/aromatic N) is 1. The van der Waals surface area contributed by atoms with Crippen LogP contribution in [0.1, 0.15) is 27.2 Å². The Kier molecular flexibility index (Phi) is 2.24. The van der Waals surface area contributed by atoms with Crippen molar-refractivity contribution in [3.05, 3.63) is 0 Å². The van der Waals surface area contributed by atoms with E-state index in [1.165, 1.54) is 0 Å². The van der Waals surface area contributed by atoms with Crippen LogP contribution in [0, 0.1) is 11.8 Å². The van der Waals surface area contributed by atoms with Crippen LogP contribution in [-0.2, 0) is 9.53 Å². The fourth-order valence-corrected chi connectivity index (χ4v) is 2.39. The molecule has 3 rings (SSSR count). The largest absolute Gasteiger partial charge is 0.444 e. The fourth-order valence-electron chi connectivity index (χ4n) is 2.39. The van der Waals surface area contributed by atoms with Crippen molar-refractivity contribution < 1.29 is 14.3 Å². The van der Waals surface area contributed by atoms with Crippen molar-refractivity contribution >= 4 is 12.4 Å². The predicted molar refractivity (Wildman–Crippen MR) is 54.4 cm³/mol. The van der Waals surface area contributed by atoms with Gasteiger partial charge in [0.15, 0.2) is 0 Å². The molecule has 3 atom stereocenters. The van der Waals surface area contributed by atoms with Gasteiger partial charge in [-0.25, -0.2) is 4.79 Å². The fraction of sp³-hybridized carbons (Fsp3) is 0.818. The maximum atomic E-state index is 11.7. The molecule has 0 aromatic heterocycles. The highest BCUT2D eigenvalue weighted by molar-refractivity contribution is 5.72. The molecule has 3 unspecified atom stereocenters. The van der Waals surface area contributed by atoms with E-state index in [2.05, 4.69) is 0 Å². The Hall–Kier alpha value is -1.06. The Labute approximate surface area is 89.6 Å². The molecule has 0 aromatic carbocycles. The van der Waals surface area contributed by atoms with Crippen LogP contribution >= 0.6 is 0 Å². The first-order valence-corrected chi connectivity index (χ1v) is 5.37. The topological polar surface area (TPSA) is 46.6 Å². The van der Waals surface area contributed by atoms with E-state index in [1.54, 1.807) is 4.90 Å². The zero-order valence-electron chi connectivity index (χ0n) is 9.40. The van der Waals surface area contributed by atoms with Gasteiger partial charge in [-0.3, -0.25) is 0 Å². The van der Waals surface area contributed by atoms with E-state index >= 15 is 0 Å². The zero-order chi connectivity index (χ0) is 11.2. The second-order valence-electron chi connectivity index (χ2n) is 5.41. The summed E-state index contributed by atoms with van der Waals surface area (Å²) in [7, 11) is 0. The van der Waals surface area contributed by atoms with Crippen molar-refractivity contribution in [1.29, 1.82) is 0 Å². The number of amides is 1. The number of carbonyl (C=O) groups is 2. The molecule has 0 spiro atoms. The summed E-state index contributed by atoms with van der Waals surface area (Å²) in [5, 5.41) is 0. The highest BCUT2D eigenvalue weighted by Crippen LogP contribution is 2.45. The SMILES string of the molecule is CC(C)(C)OC(=O)N1CC2CC1C2C=O. The first-order chi connectivity index (χ1) is 6.92. The number of carbonyl (C=O) groups excluding carboxylic acids is 2. The van der Waals surface area contributed by atoms with Crippen LogP contribution in [0.2, 0.25) is 0 Å². The maximum absolute atomic E-state index is 11.7. The van der Waals surface area contributed by atoms with Gasteiger partial charge in [0.2, 0.25) is 0 Å². The molecule has 3 aliphatic rings. The summed E-state index contributed by atoms with van der Waals surface area (Å²) >= 11 is 0. The van der Waals surface area contributed by atoms with Gasteiger partial charge in [-0.2, -0.15) is 0 Å². The number of ether oxygens (including phenoxy) is 1. The monoisotopic (exact) mass is 211 g/mol. The van der Waals surface area contributed by atoms with E-state index < -0.39 is 5.60 Å². The molecule has 4 heteroatoms. The van der Waals surface area contributed by atoms with Gasteiger partial charge in [0.1, 0.15) is 11.9 Å². The average Bonchev–Trinajstić information content (AvgIpc) is 2.56. The summed E-state index contributed by atoms with van der Waals surface area (Å²) in [6, 6.07) is 0.0994. The number of hydrogen-bond acceptors (Lipinski definition) is 3. The van der Waals surface area contributed by atoms with E-state index in [0.29, 0.717) is 12.5 Å². The maximum Gasteiger partial charge on any atom is 0.410 e. The van der Waals surface area contributed by atoms with Gasteiger partial charge in [-0.05, 0) is 33.1 Å². The predicted octanol–water partition coefficient (Wildman–Crippen LogP) is 1.44. The van der Waals surface area contributed by atoms with Gasteiger partial charge in [0.25, 0.3) is 0 Å². The smallest absolute Gasteiger partial charge is 0.410 e. The Morgan fingerprint density at radius 1 is 1.47 bits per heavy atom. The van der Waals surface area contributed by atoms with E-state index in [0.717, 1.165) is 12.7 Å². The van der Waals surface area contributed by atoms with Crippen molar-refractivity contribution in [2.75, 3.05) is 6.54 Å². The summed E-state index contributed by atoms with van der Waals surface area (Å²) in [5.41, 5.74) is -0.458. The Morgan fingerprint density at radius 2 is 2.13 bits per heavy atom. The van der Waals surface area contributed by atoms with Gasteiger partial charge >= 0.3 is 6.09 Å². The minimum Gasteiger partial charge on any atom is -0.444 e. The molecule has 0 aromatic rings. The third kappa shape index (κ3) is 1.73. The highest BCUT2D eigenvalue weighted by Gasteiger charge is 2.54. The molecule has 84 valence electrons. The van der Waals surface area contributed by atoms with Crippen LogP contribution < -0.4 is 0 Å². The molecule has 4 nitrogen and oxygen atoms in total. The number of aldehydes is 1.